The maximum Gasteiger partial charge on any atom is 0.292 e. The van der Waals surface area contributed by atoms with Gasteiger partial charge in [-0.2, -0.15) is 0 Å². The van der Waals surface area contributed by atoms with E-state index in [1.807, 2.05) is 0 Å². The molecule has 0 saturated carbocycles. The number of hydrogen-bond donors (Lipinski definition) is 2. The monoisotopic (exact) mass is 293 g/mol. The fourth-order valence-corrected chi connectivity index (χ4v) is 1.73. The molecule has 0 aromatic heterocycles. The van der Waals surface area contributed by atoms with E-state index in [-0.39, 0.29) is 16.9 Å². The van der Waals surface area contributed by atoms with Crippen LogP contribution in [0, 0.1) is 21.7 Å². The molecule has 0 saturated heterocycles. The molecule has 8 heteroatoms. The van der Waals surface area contributed by atoms with Gasteiger partial charge < -0.3 is 11.1 Å². The van der Waals surface area contributed by atoms with Crippen molar-refractivity contribution in [3.05, 3.63) is 63.7 Å². The zero-order chi connectivity index (χ0) is 15.6. The molecular weight excluding hydrogens is 284 g/mol. The van der Waals surface area contributed by atoms with E-state index in [4.69, 9.17) is 5.73 Å². The van der Waals surface area contributed by atoms with Crippen molar-refractivity contribution in [1.29, 1.82) is 0 Å². The number of rotatable bonds is 3. The van der Waals surface area contributed by atoms with E-state index < -0.39 is 28.2 Å². The lowest BCUT2D eigenvalue weighted by molar-refractivity contribution is -0.383. The van der Waals surface area contributed by atoms with Crippen LogP contribution in [-0.2, 0) is 0 Å². The van der Waals surface area contributed by atoms with Gasteiger partial charge in [0.25, 0.3) is 11.6 Å². The third-order valence-corrected chi connectivity index (χ3v) is 2.64. The Labute approximate surface area is 117 Å². The van der Waals surface area contributed by atoms with E-state index in [2.05, 4.69) is 5.32 Å². The molecule has 0 unspecified atom stereocenters. The Kier molecular flexibility index (Phi) is 3.79. The average Bonchev–Trinajstić information content (AvgIpc) is 2.37. The lowest BCUT2D eigenvalue weighted by Gasteiger charge is -2.08. The molecule has 2 rings (SSSR count). The molecule has 0 bridgehead atoms. The lowest BCUT2D eigenvalue weighted by Crippen LogP contribution is -2.15. The highest BCUT2D eigenvalue weighted by Crippen LogP contribution is 2.25. The third kappa shape index (κ3) is 3.11. The minimum atomic E-state index is -0.864. The molecule has 0 radical (unpaired) electrons. The van der Waals surface area contributed by atoms with Crippen molar-refractivity contribution in [2.75, 3.05) is 11.1 Å². The van der Waals surface area contributed by atoms with Crippen molar-refractivity contribution >= 4 is 23.0 Å². The molecule has 0 fully saturated rings. The van der Waals surface area contributed by atoms with Gasteiger partial charge in [-0.3, -0.25) is 14.9 Å². The normalized spacial score (nSPS) is 10.2. The van der Waals surface area contributed by atoms with Gasteiger partial charge in [0.1, 0.15) is 17.3 Å². The number of hydrogen-bond acceptors (Lipinski definition) is 4. The molecule has 0 aliphatic heterocycles. The van der Waals surface area contributed by atoms with Gasteiger partial charge in [0.15, 0.2) is 0 Å². The Bertz CT molecular complexity index is 714. The summed E-state index contributed by atoms with van der Waals surface area (Å²) in [6.07, 6.45) is 0. The fraction of sp³-hybridized carbons (Fsp3) is 0. The quantitative estimate of drug-likeness (QED) is 0.516. The highest BCUT2D eigenvalue weighted by atomic mass is 19.1. The topological polar surface area (TPSA) is 98.3 Å². The minimum absolute atomic E-state index is 0.122. The Morgan fingerprint density at radius 2 is 1.81 bits per heavy atom. The minimum Gasteiger partial charge on any atom is -0.393 e. The van der Waals surface area contributed by atoms with Gasteiger partial charge in [-0.05, 0) is 18.2 Å². The molecule has 1 amide bonds. The predicted molar refractivity (Wildman–Crippen MR) is 71.8 cm³/mol. The molecular formula is C13H9F2N3O3. The van der Waals surface area contributed by atoms with Crippen LogP contribution in [0.25, 0.3) is 0 Å². The zero-order valence-corrected chi connectivity index (χ0v) is 10.5. The van der Waals surface area contributed by atoms with Crippen LogP contribution in [-0.4, -0.2) is 10.8 Å². The van der Waals surface area contributed by atoms with Crippen molar-refractivity contribution in [2.24, 2.45) is 0 Å². The molecule has 6 nitrogen and oxygen atoms in total. The Balaban J connectivity index is 2.33. The SMILES string of the molecule is Nc1c(C(=O)Nc2cc(F)cc(F)c2)cccc1[N+](=O)[O-]. The maximum absolute atomic E-state index is 13.0. The van der Waals surface area contributed by atoms with Crippen LogP contribution in [0.4, 0.5) is 25.8 Å². The van der Waals surface area contributed by atoms with Gasteiger partial charge >= 0.3 is 0 Å². The third-order valence-electron chi connectivity index (χ3n) is 2.64. The van der Waals surface area contributed by atoms with Gasteiger partial charge in [-0.25, -0.2) is 8.78 Å². The number of halogens is 2. The first-order valence-corrected chi connectivity index (χ1v) is 5.69. The standard InChI is InChI=1S/C13H9F2N3O3/c14-7-4-8(15)6-9(5-7)17-13(19)10-2-1-3-11(12(10)16)18(20)21/h1-6H,16H2,(H,17,19). The van der Waals surface area contributed by atoms with E-state index >= 15 is 0 Å². The van der Waals surface area contributed by atoms with Crippen LogP contribution >= 0.6 is 0 Å². The van der Waals surface area contributed by atoms with E-state index in [0.717, 1.165) is 18.2 Å². The van der Waals surface area contributed by atoms with Crippen molar-refractivity contribution in [1.82, 2.24) is 0 Å². The van der Waals surface area contributed by atoms with Gasteiger partial charge in [0.2, 0.25) is 0 Å². The second kappa shape index (κ2) is 5.53. The smallest absolute Gasteiger partial charge is 0.292 e. The fourth-order valence-electron chi connectivity index (χ4n) is 1.73. The van der Waals surface area contributed by atoms with Crippen molar-refractivity contribution in [3.63, 3.8) is 0 Å². The summed E-state index contributed by atoms with van der Waals surface area (Å²) in [4.78, 5) is 22.0. The number of nitrogen functional groups attached to an aromatic ring is 1. The molecule has 0 aliphatic carbocycles. The molecule has 0 aliphatic rings. The summed E-state index contributed by atoms with van der Waals surface area (Å²) in [6, 6.07) is 6.18. The van der Waals surface area contributed by atoms with E-state index in [0.29, 0.717) is 6.07 Å². The van der Waals surface area contributed by atoms with Crippen LogP contribution in [0.2, 0.25) is 0 Å². The highest BCUT2D eigenvalue weighted by molar-refractivity contribution is 6.08. The summed E-state index contributed by atoms with van der Waals surface area (Å²) in [6.45, 7) is 0. The van der Waals surface area contributed by atoms with Gasteiger partial charge in [-0.1, -0.05) is 6.07 Å². The zero-order valence-electron chi connectivity index (χ0n) is 10.5. The number of amides is 1. The Morgan fingerprint density at radius 1 is 1.19 bits per heavy atom. The Morgan fingerprint density at radius 3 is 2.38 bits per heavy atom. The van der Waals surface area contributed by atoms with E-state index in [1.165, 1.54) is 12.1 Å². The summed E-state index contributed by atoms with van der Waals surface area (Å²) in [5, 5.41) is 13.0. The summed E-state index contributed by atoms with van der Waals surface area (Å²) >= 11 is 0. The number of anilines is 2. The van der Waals surface area contributed by atoms with E-state index in [9.17, 15) is 23.7 Å². The predicted octanol–water partition coefficient (Wildman–Crippen LogP) is 2.71. The number of carbonyl (C=O) groups is 1. The first kappa shape index (κ1) is 14.4. The molecule has 0 atom stereocenters. The van der Waals surface area contributed by atoms with Crippen molar-refractivity contribution < 1.29 is 18.5 Å². The van der Waals surface area contributed by atoms with Gasteiger partial charge in [0, 0.05) is 17.8 Å². The molecule has 0 heterocycles. The second-order valence-corrected chi connectivity index (χ2v) is 4.11. The molecule has 108 valence electrons. The Hall–Kier alpha value is -3.03. The van der Waals surface area contributed by atoms with Crippen LogP contribution in [0.1, 0.15) is 10.4 Å². The number of benzene rings is 2. The number of carbonyl (C=O) groups excluding carboxylic acids is 1. The van der Waals surface area contributed by atoms with Gasteiger partial charge in [0.05, 0.1) is 10.5 Å². The van der Waals surface area contributed by atoms with Crippen LogP contribution < -0.4 is 11.1 Å². The second-order valence-electron chi connectivity index (χ2n) is 4.11. The molecule has 2 aromatic carbocycles. The van der Waals surface area contributed by atoms with Crippen molar-refractivity contribution in [3.8, 4) is 0 Å². The highest BCUT2D eigenvalue weighted by Gasteiger charge is 2.19. The molecule has 2 aromatic rings. The number of nitrogens with two attached hydrogens (primary N) is 1. The number of nitrogens with zero attached hydrogens (tertiary/aromatic N) is 1. The average molecular weight is 293 g/mol. The largest absolute Gasteiger partial charge is 0.393 e. The summed E-state index contributed by atoms with van der Waals surface area (Å²) in [5.41, 5.74) is 4.52. The van der Waals surface area contributed by atoms with Crippen LogP contribution in [0.3, 0.4) is 0 Å². The lowest BCUT2D eigenvalue weighted by atomic mass is 10.1. The summed E-state index contributed by atoms with van der Waals surface area (Å²) in [5.74, 6) is -2.53. The van der Waals surface area contributed by atoms with Crippen LogP contribution in [0.15, 0.2) is 36.4 Å². The maximum atomic E-state index is 13.0. The molecule has 0 spiro atoms. The number of nitro groups is 1. The number of para-hydroxylation sites is 1. The van der Waals surface area contributed by atoms with E-state index in [1.54, 1.807) is 0 Å². The van der Waals surface area contributed by atoms with Gasteiger partial charge in [-0.15, -0.1) is 0 Å². The summed E-state index contributed by atoms with van der Waals surface area (Å²) in [7, 11) is 0. The molecule has 3 N–H and O–H groups in total. The van der Waals surface area contributed by atoms with Crippen LogP contribution in [0.5, 0.6) is 0 Å². The first-order chi connectivity index (χ1) is 9.88. The van der Waals surface area contributed by atoms with Crippen molar-refractivity contribution in [2.45, 2.75) is 0 Å². The number of nitrogens with one attached hydrogen (secondary N) is 1. The first-order valence-electron chi connectivity index (χ1n) is 5.69. The summed E-state index contributed by atoms with van der Waals surface area (Å²) < 4.78 is 26.0. The number of nitro benzene ring substituents is 1. The molecule has 21 heavy (non-hydrogen) atoms.